The minimum atomic E-state index is 0.750. The molecule has 100 valence electrons. The van der Waals surface area contributed by atoms with E-state index in [1.54, 1.807) is 7.11 Å². The van der Waals surface area contributed by atoms with Gasteiger partial charge in [-0.05, 0) is 29.8 Å². The summed E-state index contributed by atoms with van der Waals surface area (Å²) in [4.78, 5) is 6.34. The van der Waals surface area contributed by atoms with Crippen molar-refractivity contribution in [1.82, 2.24) is 4.98 Å². The molecular formula is C15H19N3O. The number of methoxy groups -OCH3 is 1. The van der Waals surface area contributed by atoms with Crippen LogP contribution < -0.4 is 15.0 Å². The fourth-order valence-corrected chi connectivity index (χ4v) is 1.74. The van der Waals surface area contributed by atoms with Crippen LogP contribution in [0.5, 0.6) is 5.75 Å². The molecule has 2 aromatic rings. The van der Waals surface area contributed by atoms with Crippen LogP contribution in [0.2, 0.25) is 0 Å². The first-order chi connectivity index (χ1) is 9.19. The molecule has 0 aliphatic carbocycles. The molecule has 2 rings (SSSR count). The summed E-state index contributed by atoms with van der Waals surface area (Å²) in [6.45, 7) is 0.750. The van der Waals surface area contributed by atoms with E-state index >= 15 is 0 Å². The van der Waals surface area contributed by atoms with Gasteiger partial charge in [0.2, 0.25) is 0 Å². The summed E-state index contributed by atoms with van der Waals surface area (Å²) in [5, 5.41) is 3.34. The third-order valence-electron chi connectivity index (χ3n) is 2.84. The lowest BCUT2D eigenvalue weighted by Crippen LogP contribution is -2.10. The topological polar surface area (TPSA) is 37.4 Å². The molecule has 0 atom stereocenters. The highest BCUT2D eigenvalue weighted by molar-refractivity contribution is 5.48. The smallest absolute Gasteiger partial charge is 0.128 e. The first-order valence-corrected chi connectivity index (χ1v) is 6.19. The van der Waals surface area contributed by atoms with Gasteiger partial charge in [-0.15, -0.1) is 0 Å². The standard InChI is InChI=1S/C15H19N3O/c1-18(2)15-8-7-13(11-17-15)16-10-12-5-4-6-14(9-12)19-3/h4-9,11,16H,10H2,1-3H3. The van der Waals surface area contributed by atoms with Crippen molar-refractivity contribution in [3.8, 4) is 5.75 Å². The molecule has 1 aromatic heterocycles. The first-order valence-electron chi connectivity index (χ1n) is 6.19. The lowest BCUT2D eigenvalue weighted by atomic mass is 10.2. The minimum Gasteiger partial charge on any atom is -0.497 e. The van der Waals surface area contributed by atoms with E-state index in [9.17, 15) is 0 Å². The number of hydrogen-bond acceptors (Lipinski definition) is 4. The SMILES string of the molecule is COc1cccc(CNc2ccc(N(C)C)nc2)c1. The van der Waals surface area contributed by atoms with Crippen molar-refractivity contribution in [3.63, 3.8) is 0 Å². The average Bonchev–Trinajstić information content (AvgIpc) is 2.46. The Balaban J connectivity index is 1.98. The Labute approximate surface area is 114 Å². The lowest BCUT2D eigenvalue weighted by molar-refractivity contribution is 0.414. The third kappa shape index (κ3) is 3.61. The Morgan fingerprint density at radius 1 is 1.21 bits per heavy atom. The molecule has 0 amide bonds. The van der Waals surface area contributed by atoms with Crippen molar-refractivity contribution in [1.29, 1.82) is 0 Å². The van der Waals surface area contributed by atoms with E-state index in [-0.39, 0.29) is 0 Å². The fourth-order valence-electron chi connectivity index (χ4n) is 1.74. The highest BCUT2D eigenvalue weighted by Crippen LogP contribution is 2.15. The van der Waals surface area contributed by atoms with Gasteiger partial charge >= 0.3 is 0 Å². The average molecular weight is 257 g/mol. The van der Waals surface area contributed by atoms with Crippen LogP contribution in [0.1, 0.15) is 5.56 Å². The number of anilines is 2. The Morgan fingerprint density at radius 3 is 2.68 bits per heavy atom. The maximum absolute atomic E-state index is 5.20. The molecule has 4 nitrogen and oxygen atoms in total. The monoisotopic (exact) mass is 257 g/mol. The summed E-state index contributed by atoms with van der Waals surface area (Å²) >= 11 is 0. The molecule has 1 N–H and O–H groups in total. The molecule has 0 aliphatic heterocycles. The van der Waals surface area contributed by atoms with Crippen molar-refractivity contribution in [2.75, 3.05) is 31.4 Å². The molecule has 0 fully saturated rings. The number of nitrogens with zero attached hydrogens (tertiary/aromatic N) is 2. The summed E-state index contributed by atoms with van der Waals surface area (Å²) in [7, 11) is 5.63. The lowest BCUT2D eigenvalue weighted by Gasteiger charge is -2.12. The fraction of sp³-hybridized carbons (Fsp3) is 0.267. The Hall–Kier alpha value is -2.23. The van der Waals surface area contributed by atoms with Crippen LogP contribution in [0.4, 0.5) is 11.5 Å². The summed E-state index contributed by atoms with van der Waals surface area (Å²) in [5.41, 5.74) is 2.18. The zero-order valence-corrected chi connectivity index (χ0v) is 11.6. The Bertz CT molecular complexity index is 523. The van der Waals surface area contributed by atoms with Crippen molar-refractivity contribution < 1.29 is 4.74 Å². The molecule has 1 heterocycles. The van der Waals surface area contributed by atoms with Crippen LogP contribution in [0.25, 0.3) is 0 Å². The predicted octanol–water partition coefficient (Wildman–Crippen LogP) is 2.77. The van der Waals surface area contributed by atoms with E-state index < -0.39 is 0 Å². The predicted molar refractivity (Wildman–Crippen MR) is 78.9 cm³/mol. The maximum atomic E-state index is 5.20. The van der Waals surface area contributed by atoms with Gasteiger partial charge in [-0.1, -0.05) is 12.1 Å². The van der Waals surface area contributed by atoms with Gasteiger partial charge in [0.05, 0.1) is 19.0 Å². The van der Waals surface area contributed by atoms with Gasteiger partial charge in [0, 0.05) is 20.6 Å². The quantitative estimate of drug-likeness (QED) is 0.893. The minimum absolute atomic E-state index is 0.750. The van der Waals surface area contributed by atoms with E-state index in [1.807, 2.05) is 55.5 Å². The van der Waals surface area contributed by atoms with Gasteiger partial charge in [0.1, 0.15) is 11.6 Å². The number of rotatable bonds is 5. The zero-order valence-electron chi connectivity index (χ0n) is 11.6. The van der Waals surface area contributed by atoms with E-state index in [2.05, 4.69) is 16.4 Å². The molecule has 4 heteroatoms. The second-order valence-corrected chi connectivity index (χ2v) is 4.50. The summed E-state index contributed by atoms with van der Waals surface area (Å²) in [6.07, 6.45) is 1.84. The van der Waals surface area contributed by atoms with Crippen LogP contribution in [-0.2, 0) is 6.54 Å². The van der Waals surface area contributed by atoms with E-state index in [0.717, 1.165) is 23.8 Å². The third-order valence-corrected chi connectivity index (χ3v) is 2.84. The summed E-state index contributed by atoms with van der Waals surface area (Å²) in [6, 6.07) is 12.0. The van der Waals surface area contributed by atoms with E-state index in [1.165, 1.54) is 5.56 Å². The van der Waals surface area contributed by atoms with Crippen molar-refractivity contribution >= 4 is 11.5 Å². The number of nitrogens with one attached hydrogen (secondary N) is 1. The molecule has 0 spiro atoms. The van der Waals surface area contributed by atoms with Gasteiger partial charge in [-0.25, -0.2) is 4.98 Å². The molecule has 19 heavy (non-hydrogen) atoms. The maximum Gasteiger partial charge on any atom is 0.128 e. The molecule has 0 unspecified atom stereocenters. The Morgan fingerprint density at radius 2 is 2.05 bits per heavy atom. The van der Waals surface area contributed by atoms with Gasteiger partial charge in [0.25, 0.3) is 0 Å². The van der Waals surface area contributed by atoms with Crippen LogP contribution in [0.3, 0.4) is 0 Å². The van der Waals surface area contributed by atoms with Gasteiger partial charge in [0.15, 0.2) is 0 Å². The van der Waals surface area contributed by atoms with Crippen LogP contribution in [-0.4, -0.2) is 26.2 Å². The number of pyridine rings is 1. The largest absolute Gasteiger partial charge is 0.497 e. The van der Waals surface area contributed by atoms with E-state index in [0.29, 0.717) is 0 Å². The molecule has 0 radical (unpaired) electrons. The second-order valence-electron chi connectivity index (χ2n) is 4.50. The Kier molecular flexibility index (Phi) is 4.23. The van der Waals surface area contributed by atoms with Crippen LogP contribution in [0.15, 0.2) is 42.6 Å². The van der Waals surface area contributed by atoms with Gasteiger partial charge in [-0.3, -0.25) is 0 Å². The molecule has 0 bridgehead atoms. The molecule has 0 saturated carbocycles. The van der Waals surface area contributed by atoms with E-state index in [4.69, 9.17) is 4.74 Å². The number of benzene rings is 1. The van der Waals surface area contributed by atoms with Crippen LogP contribution >= 0.6 is 0 Å². The van der Waals surface area contributed by atoms with Crippen molar-refractivity contribution in [3.05, 3.63) is 48.2 Å². The summed E-state index contributed by atoms with van der Waals surface area (Å²) < 4.78 is 5.20. The highest BCUT2D eigenvalue weighted by atomic mass is 16.5. The molecule has 0 saturated heterocycles. The van der Waals surface area contributed by atoms with Gasteiger partial charge in [-0.2, -0.15) is 0 Å². The van der Waals surface area contributed by atoms with Crippen LogP contribution in [0, 0.1) is 0 Å². The molecule has 0 aliphatic rings. The number of aromatic nitrogens is 1. The number of ether oxygens (including phenoxy) is 1. The normalized spacial score (nSPS) is 10.1. The van der Waals surface area contributed by atoms with Crippen molar-refractivity contribution in [2.24, 2.45) is 0 Å². The molecular weight excluding hydrogens is 238 g/mol. The number of hydrogen-bond donors (Lipinski definition) is 1. The second kappa shape index (κ2) is 6.09. The zero-order chi connectivity index (χ0) is 13.7. The molecule has 1 aromatic carbocycles. The first kappa shape index (κ1) is 13.2. The summed E-state index contributed by atoms with van der Waals surface area (Å²) in [5.74, 6) is 1.83. The highest BCUT2D eigenvalue weighted by Gasteiger charge is 1.99. The van der Waals surface area contributed by atoms with Crippen molar-refractivity contribution in [2.45, 2.75) is 6.54 Å². The van der Waals surface area contributed by atoms with Gasteiger partial charge < -0.3 is 15.0 Å².